The van der Waals surface area contributed by atoms with Gasteiger partial charge in [0.15, 0.2) is 17.4 Å². The molecule has 0 aliphatic rings. The molecular formula is C20H22F2O3. The Morgan fingerprint density at radius 3 is 2.36 bits per heavy atom. The van der Waals surface area contributed by atoms with E-state index in [4.69, 9.17) is 9.47 Å². The van der Waals surface area contributed by atoms with Crippen molar-refractivity contribution in [2.75, 3.05) is 0 Å². The predicted octanol–water partition coefficient (Wildman–Crippen LogP) is 4.85. The maximum Gasteiger partial charge on any atom is 0.191 e. The minimum absolute atomic E-state index is 0.0104. The molecule has 0 fully saturated rings. The van der Waals surface area contributed by atoms with Gasteiger partial charge in [-0.15, -0.1) is 0 Å². The van der Waals surface area contributed by atoms with Crippen molar-refractivity contribution in [3.05, 3.63) is 59.2 Å². The molecule has 0 heterocycles. The Labute approximate surface area is 146 Å². The van der Waals surface area contributed by atoms with Crippen LogP contribution in [0.2, 0.25) is 0 Å². The molecule has 134 valence electrons. The van der Waals surface area contributed by atoms with Crippen LogP contribution in [0.15, 0.2) is 36.4 Å². The van der Waals surface area contributed by atoms with Crippen LogP contribution in [0.1, 0.15) is 38.3 Å². The average Bonchev–Trinajstić information content (AvgIpc) is 2.53. The van der Waals surface area contributed by atoms with E-state index in [9.17, 15) is 13.6 Å². The third-order valence-corrected chi connectivity index (χ3v) is 3.53. The van der Waals surface area contributed by atoms with Gasteiger partial charge >= 0.3 is 0 Å². The monoisotopic (exact) mass is 348 g/mol. The third kappa shape index (κ3) is 5.55. The molecule has 0 aliphatic heterocycles. The molecular weight excluding hydrogens is 326 g/mol. The molecule has 25 heavy (non-hydrogen) atoms. The van der Waals surface area contributed by atoms with Crippen molar-refractivity contribution in [2.24, 2.45) is 0 Å². The smallest absolute Gasteiger partial charge is 0.191 e. The predicted molar refractivity (Wildman–Crippen MR) is 91.9 cm³/mol. The summed E-state index contributed by atoms with van der Waals surface area (Å²) in [7, 11) is 0. The van der Waals surface area contributed by atoms with Gasteiger partial charge in [0.1, 0.15) is 18.1 Å². The zero-order valence-electron chi connectivity index (χ0n) is 14.6. The molecule has 0 spiro atoms. The summed E-state index contributed by atoms with van der Waals surface area (Å²) < 4.78 is 39.4. The van der Waals surface area contributed by atoms with Gasteiger partial charge in [0.25, 0.3) is 0 Å². The summed E-state index contributed by atoms with van der Waals surface area (Å²) in [5, 5.41) is 0. The van der Waals surface area contributed by atoms with E-state index in [1.54, 1.807) is 12.1 Å². The zero-order valence-corrected chi connectivity index (χ0v) is 14.6. The van der Waals surface area contributed by atoms with E-state index >= 15 is 0 Å². The average molecular weight is 348 g/mol. The van der Waals surface area contributed by atoms with Crippen LogP contribution in [0.5, 0.6) is 11.5 Å². The Bertz CT molecular complexity index is 718. The number of Topliss-reactive ketones (excluding diaryl/α,β-unsaturated/α-hetero) is 1. The molecule has 0 saturated carbocycles. The van der Waals surface area contributed by atoms with Gasteiger partial charge in [0, 0.05) is 12.0 Å². The van der Waals surface area contributed by atoms with Gasteiger partial charge in [-0.1, -0.05) is 18.2 Å². The van der Waals surface area contributed by atoms with Crippen LogP contribution in [0.3, 0.4) is 0 Å². The lowest BCUT2D eigenvalue weighted by atomic mass is 10.1. The van der Waals surface area contributed by atoms with E-state index in [-0.39, 0.29) is 24.9 Å². The molecule has 0 atom stereocenters. The highest BCUT2D eigenvalue weighted by Gasteiger charge is 2.14. The first-order valence-corrected chi connectivity index (χ1v) is 8.21. The van der Waals surface area contributed by atoms with Gasteiger partial charge in [0.05, 0.1) is 6.10 Å². The van der Waals surface area contributed by atoms with Crippen molar-refractivity contribution in [3.63, 3.8) is 0 Å². The number of aryl methyl sites for hydroxylation is 1. The number of rotatable bonds is 8. The molecule has 3 nitrogen and oxygen atoms in total. The maximum absolute atomic E-state index is 14.2. The molecule has 2 aromatic rings. The number of hydrogen-bond acceptors (Lipinski definition) is 3. The van der Waals surface area contributed by atoms with Crippen molar-refractivity contribution in [3.8, 4) is 11.5 Å². The third-order valence-electron chi connectivity index (χ3n) is 3.53. The minimum atomic E-state index is -0.777. The summed E-state index contributed by atoms with van der Waals surface area (Å²) in [6, 6.07) is 9.62. The number of para-hydroxylation sites is 1. The van der Waals surface area contributed by atoms with Crippen LogP contribution in [0.25, 0.3) is 0 Å². The molecule has 2 rings (SSSR count). The summed E-state index contributed by atoms with van der Waals surface area (Å²) in [6.07, 6.45) is 0.531. The second-order valence-corrected chi connectivity index (χ2v) is 6.15. The molecule has 0 radical (unpaired) electrons. The summed E-state index contributed by atoms with van der Waals surface area (Å²) in [5.41, 5.74) is 1.14. The maximum atomic E-state index is 14.2. The lowest BCUT2D eigenvalue weighted by molar-refractivity contribution is -0.116. The van der Waals surface area contributed by atoms with Crippen molar-refractivity contribution in [1.29, 1.82) is 0 Å². The van der Waals surface area contributed by atoms with Gasteiger partial charge in [-0.3, -0.25) is 0 Å². The zero-order chi connectivity index (χ0) is 18.4. The Morgan fingerprint density at radius 2 is 1.76 bits per heavy atom. The van der Waals surface area contributed by atoms with Crippen LogP contribution < -0.4 is 9.47 Å². The Hall–Kier alpha value is -2.43. The fourth-order valence-corrected chi connectivity index (χ4v) is 2.36. The highest BCUT2D eigenvalue weighted by molar-refractivity contribution is 5.75. The normalized spacial score (nSPS) is 10.8. The fourth-order valence-electron chi connectivity index (χ4n) is 2.36. The van der Waals surface area contributed by atoms with Gasteiger partial charge in [-0.2, -0.15) is 0 Å². The SMILES string of the molecule is CC(=O)CCc1cc(F)c(OCc2ccccc2OC(C)C)c(F)c1. The standard InChI is InChI=1S/C20H22F2O3/c1-13(2)25-19-7-5-4-6-16(19)12-24-20-17(21)10-15(11-18(20)22)9-8-14(3)23/h4-7,10-11,13H,8-9,12H2,1-3H3. The highest BCUT2D eigenvalue weighted by Crippen LogP contribution is 2.27. The molecule has 0 aromatic heterocycles. The fraction of sp³-hybridized carbons (Fsp3) is 0.350. The Balaban J connectivity index is 2.12. The van der Waals surface area contributed by atoms with Gasteiger partial charge in [-0.05, 0) is 51.0 Å². The van der Waals surface area contributed by atoms with Crippen LogP contribution in [0.4, 0.5) is 8.78 Å². The van der Waals surface area contributed by atoms with Crippen LogP contribution >= 0.6 is 0 Å². The number of hydrogen-bond donors (Lipinski definition) is 0. The van der Waals surface area contributed by atoms with E-state index < -0.39 is 17.4 Å². The summed E-state index contributed by atoms with van der Waals surface area (Å²) in [4.78, 5) is 11.0. The van der Waals surface area contributed by atoms with E-state index in [1.807, 2.05) is 26.0 Å². The molecule has 2 aromatic carbocycles. The number of ketones is 1. The van der Waals surface area contributed by atoms with Crippen molar-refractivity contribution >= 4 is 5.78 Å². The van der Waals surface area contributed by atoms with Crippen LogP contribution in [0, 0.1) is 11.6 Å². The highest BCUT2D eigenvalue weighted by atomic mass is 19.1. The number of ether oxygens (including phenoxy) is 2. The first kappa shape index (κ1) is 18.9. The van der Waals surface area contributed by atoms with Gasteiger partial charge in [0.2, 0.25) is 0 Å². The lowest BCUT2D eigenvalue weighted by Crippen LogP contribution is -2.09. The first-order valence-electron chi connectivity index (χ1n) is 8.21. The first-order chi connectivity index (χ1) is 11.9. The van der Waals surface area contributed by atoms with Crippen molar-refractivity contribution in [2.45, 2.75) is 46.3 Å². The van der Waals surface area contributed by atoms with E-state index in [1.165, 1.54) is 19.1 Å². The lowest BCUT2D eigenvalue weighted by Gasteiger charge is -2.15. The van der Waals surface area contributed by atoms with Gasteiger partial charge < -0.3 is 14.3 Å². The second kappa shape index (κ2) is 8.60. The van der Waals surface area contributed by atoms with E-state index in [2.05, 4.69) is 0 Å². The van der Waals surface area contributed by atoms with Gasteiger partial charge in [-0.25, -0.2) is 8.78 Å². The molecule has 0 amide bonds. The Kier molecular flexibility index (Phi) is 6.51. The van der Waals surface area contributed by atoms with E-state index in [0.717, 1.165) is 0 Å². The summed E-state index contributed by atoms with van der Waals surface area (Å²) in [5.74, 6) is -1.38. The Morgan fingerprint density at radius 1 is 1.12 bits per heavy atom. The number of carbonyl (C=O) groups is 1. The van der Waals surface area contributed by atoms with Crippen LogP contribution in [-0.4, -0.2) is 11.9 Å². The van der Waals surface area contributed by atoms with Crippen molar-refractivity contribution in [1.82, 2.24) is 0 Å². The van der Waals surface area contributed by atoms with E-state index in [0.29, 0.717) is 23.3 Å². The number of carbonyl (C=O) groups excluding carboxylic acids is 1. The minimum Gasteiger partial charge on any atom is -0.491 e. The summed E-state index contributed by atoms with van der Waals surface area (Å²) in [6.45, 7) is 5.23. The summed E-state index contributed by atoms with van der Waals surface area (Å²) >= 11 is 0. The molecule has 0 N–H and O–H groups in total. The molecule has 0 aliphatic carbocycles. The topological polar surface area (TPSA) is 35.5 Å². The van der Waals surface area contributed by atoms with Crippen LogP contribution in [-0.2, 0) is 17.8 Å². The number of benzene rings is 2. The molecule has 0 saturated heterocycles. The molecule has 5 heteroatoms. The quantitative estimate of drug-likeness (QED) is 0.684. The molecule has 0 unspecified atom stereocenters. The second-order valence-electron chi connectivity index (χ2n) is 6.15. The number of halogens is 2. The largest absolute Gasteiger partial charge is 0.491 e. The van der Waals surface area contributed by atoms with Crippen molar-refractivity contribution < 1.29 is 23.0 Å². The molecule has 0 bridgehead atoms.